The molecule has 0 radical (unpaired) electrons. The third kappa shape index (κ3) is 6.80. The quantitative estimate of drug-likeness (QED) is 0.231. The van der Waals surface area contributed by atoms with Crippen LogP contribution < -0.4 is 15.7 Å². The number of carbonyl (C=O) groups is 2. The maximum absolute atomic E-state index is 14.8. The fraction of sp³-hybridized carbons (Fsp3) is 0.226. The van der Waals surface area contributed by atoms with Gasteiger partial charge in [-0.15, -0.1) is 0 Å². The highest BCUT2D eigenvalue weighted by Gasteiger charge is 2.33. The van der Waals surface area contributed by atoms with Gasteiger partial charge in [-0.05, 0) is 77.5 Å². The summed E-state index contributed by atoms with van der Waals surface area (Å²) in [4.78, 5) is 42.5. The third-order valence-corrected chi connectivity index (χ3v) is 8.52. The number of nitriles is 1. The van der Waals surface area contributed by atoms with Gasteiger partial charge in [0.1, 0.15) is 17.3 Å². The molecule has 0 aliphatic carbocycles. The molecule has 1 N–H and O–H groups in total. The highest BCUT2D eigenvalue weighted by Crippen LogP contribution is 2.27. The lowest BCUT2D eigenvalue weighted by molar-refractivity contribution is -0.153. The van der Waals surface area contributed by atoms with E-state index in [0.29, 0.717) is 9.50 Å². The molecular formula is C31H23BrClF4N5O4. The Hall–Kier alpha value is -4.61. The molecule has 5 rings (SSSR count). The smallest absolute Gasteiger partial charge is 0.422 e. The topological polar surface area (TPSA) is 109 Å². The molecule has 238 valence electrons. The Kier molecular flexibility index (Phi) is 9.27. The van der Waals surface area contributed by atoms with Crippen molar-refractivity contribution in [2.24, 2.45) is 0 Å². The molecule has 1 unspecified atom stereocenters. The molecule has 4 aromatic rings. The van der Waals surface area contributed by atoms with Gasteiger partial charge in [0.15, 0.2) is 6.61 Å². The zero-order chi connectivity index (χ0) is 33.3. The Balaban J connectivity index is 1.53. The second-order valence-electron chi connectivity index (χ2n) is 10.4. The van der Waals surface area contributed by atoms with Gasteiger partial charge in [0.05, 0.1) is 40.6 Å². The highest BCUT2D eigenvalue weighted by molar-refractivity contribution is 9.10. The van der Waals surface area contributed by atoms with Crippen molar-refractivity contribution in [2.45, 2.75) is 32.2 Å². The molecular weight excluding hydrogens is 698 g/mol. The summed E-state index contributed by atoms with van der Waals surface area (Å²) in [6.07, 6.45) is -4.56. The van der Waals surface area contributed by atoms with Gasteiger partial charge >= 0.3 is 11.9 Å². The zero-order valence-corrected chi connectivity index (χ0v) is 26.2. The minimum Gasteiger partial charge on any atom is -0.484 e. The fourth-order valence-electron chi connectivity index (χ4n) is 5.06. The summed E-state index contributed by atoms with van der Waals surface area (Å²) < 4.78 is 60.5. The average Bonchev–Trinajstić information content (AvgIpc) is 3.32. The number of hydrogen-bond acceptors (Lipinski definition) is 5. The lowest BCUT2D eigenvalue weighted by atomic mass is 10.1. The molecule has 0 saturated carbocycles. The number of hydrogen-bond donors (Lipinski definition) is 1. The Bertz CT molecular complexity index is 1940. The number of fused-ring (bicyclic) bond motifs is 1. The second kappa shape index (κ2) is 13.0. The summed E-state index contributed by atoms with van der Waals surface area (Å²) in [6.45, 7) is 0.0143. The number of aromatic nitrogens is 2. The van der Waals surface area contributed by atoms with E-state index in [1.54, 1.807) is 12.1 Å². The van der Waals surface area contributed by atoms with Crippen LogP contribution in [-0.2, 0) is 13.1 Å². The fourth-order valence-corrected chi connectivity index (χ4v) is 5.49. The SMILES string of the molecule is CC(NC(=O)c1c2n(c(=O)n1-c1ccc(OCC(F)(F)F)cc1)CCN(C(=O)c1ccc(Br)c(Cl)c1)C2)c1ccc(C#N)cc1F. The Morgan fingerprint density at radius 3 is 2.46 bits per heavy atom. The van der Waals surface area contributed by atoms with E-state index in [1.165, 1.54) is 58.9 Å². The number of alkyl halides is 3. The summed E-state index contributed by atoms with van der Waals surface area (Å²) in [5, 5.41) is 12.1. The highest BCUT2D eigenvalue weighted by atomic mass is 79.9. The molecule has 0 spiro atoms. The molecule has 1 atom stereocenters. The molecule has 3 aromatic carbocycles. The summed E-state index contributed by atoms with van der Waals surface area (Å²) in [5.41, 5.74) is 0.0236. The first kappa shape index (κ1) is 32.8. The van der Waals surface area contributed by atoms with Crippen LogP contribution in [0.5, 0.6) is 5.75 Å². The van der Waals surface area contributed by atoms with Crippen LogP contribution in [0.3, 0.4) is 0 Å². The number of halogens is 6. The van der Waals surface area contributed by atoms with Crippen molar-refractivity contribution in [2.75, 3.05) is 13.2 Å². The van der Waals surface area contributed by atoms with E-state index < -0.39 is 42.1 Å². The van der Waals surface area contributed by atoms with Gasteiger partial charge in [-0.25, -0.2) is 9.18 Å². The van der Waals surface area contributed by atoms with E-state index in [1.807, 2.05) is 6.07 Å². The zero-order valence-electron chi connectivity index (χ0n) is 23.9. The molecule has 15 heteroatoms. The van der Waals surface area contributed by atoms with Crippen LogP contribution in [0.15, 0.2) is 69.9 Å². The van der Waals surface area contributed by atoms with E-state index in [-0.39, 0.29) is 59.1 Å². The van der Waals surface area contributed by atoms with Crippen LogP contribution in [0.25, 0.3) is 5.69 Å². The minimum absolute atomic E-state index is 0.0318. The first-order chi connectivity index (χ1) is 21.8. The standard InChI is InChI=1S/C31H23BrClF4N5O4/c1-17(22-8-2-18(14-38)12-25(22)34)39-28(43)27-26-15-40(29(44)19-3-9-23(32)24(33)13-19)10-11-41(26)30(45)42(27)20-4-6-21(7-5-20)46-16-31(35,36)37/h2-9,12-13,17H,10-11,15-16H2,1H3,(H,39,43). The number of rotatable bonds is 7. The van der Waals surface area contributed by atoms with E-state index in [0.717, 1.165) is 10.6 Å². The number of nitrogens with one attached hydrogen (secondary N) is 1. The number of amides is 2. The van der Waals surface area contributed by atoms with E-state index in [2.05, 4.69) is 21.2 Å². The largest absolute Gasteiger partial charge is 0.484 e. The summed E-state index contributed by atoms with van der Waals surface area (Å²) in [6, 6.07) is 14.5. The number of benzene rings is 3. The first-order valence-electron chi connectivity index (χ1n) is 13.7. The summed E-state index contributed by atoms with van der Waals surface area (Å²) in [7, 11) is 0. The van der Waals surface area contributed by atoms with Crippen LogP contribution in [-0.4, -0.2) is 45.2 Å². The lowest BCUT2D eigenvalue weighted by Crippen LogP contribution is -2.41. The van der Waals surface area contributed by atoms with Crippen LogP contribution in [0.4, 0.5) is 17.6 Å². The molecule has 9 nitrogen and oxygen atoms in total. The molecule has 0 bridgehead atoms. The number of ether oxygens (including phenoxy) is 1. The van der Waals surface area contributed by atoms with Crippen molar-refractivity contribution in [3.63, 3.8) is 0 Å². The molecule has 2 heterocycles. The van der Waals surface area contributed by atoms with Gasteiger partial charge in [0, 0.05) is 28.7 Å². The van der Waals surface area contributed by atoms with Crippen molar-refractivity contribution in [1.29, 1.82) is 5.26 Å². The predicted octanol–water partition coefficient (Wildman–Crippen LogP) is 6.15. The number of imidazole rings is 1. The molecule has 46 heavy (non-hydrogen) atoms. The van der Waals surface area contributed by atoms with Crippen molar-refractivity contribution in [3.05, 3.63) is 115 Å². The summed E-state index contributed by atoms with van der Waals surface area (Å²) in [5.74, 6) is -2.01. The maximum Gasteiger partial charge on any atom is 0.422 e. The Labute approximate surface area is 272 Å². The first-order valence-corrected chi connectivity index (χ1v) is 14.8. The van der Waals surface area contributed by atoms with Gasteiger partial charge < -0.3 is 15.0 Å². The predicted molar refractivity (Wildman–Crippen MR) is 162 cm³/mol. The normalized spacial score (nSPS) is 13.5. The van der Waals surface area contributed by atoms with E-state index in [4.69, 9.17) is 21.6 Å². The third-order valence-electron chi connectivity index (χ3n) is 7.29. The van der Waals surface area contributed by atoms with Crippen molar-refractivity contribution < 1.29 is 31.9 Å². The van der Waals surface area contributed by atoms with Crippen molar-refractivity contribution >= 4 is 39.3 Å². The number of nitrogens with zero attached hydrogens (tertiary/aromatic N) is 4. The van der Waals surface area contributed by atoms with Crippen molar-refractivity contribution in [3.8, 4) is 17.5 Å². The van der Waals surface area contributed by atoms with E-state index in [9.17, 15) is 31.9 Å². The molecule has 1 aromatic heterocycles. The molecule has 1 aliphatic rings. The Morgan fingerprint density at radius 2 is 1.83 bits per heavy atom. The molecule has 1 aliphatic heterocycles. The van der Waals surface area contributed by atoms with Crippen LogP contribution in [0.1, 0.15) is 50.6 Å². The van der Waals surface area contributed by atoms with E-state index >= 15 is 0 Å². The van der Waals surface area contributed by atoms with Crippen molar-refractivity contribution in [1.82, 2.24) is 19.4 Å². The number of carbonyl (C=O) groups excluding carboxylic acids is 2. The lowest BCUT2D eigenvalue weighted by Gasteiger charge is -2.28. The molecule has 2 amide bonds. The Morgan fingerprint density at radius 1 is 1.11 bits per heavy atom. The second-order valence-corrected chi connectivity index (χ2v) is 11.6. The van der Waals surface area contributed by atoms with Gasteiger partial charge in [-0.2, -0.15) is 18.4 Å². The monoisotopic (exact) mass is 719 g/mol. The van der Waals surface area contributed by atoms with Gasteiger partial charge in [-0.3, -0.25) is 18.7 Å². The van der Waals surface area contributed by atoms with Crippen LogP contribution in [0.2, 0.25) is 5.02 Å². The van der Waals surface area contributed by atoms with Crippen LogP contribution >= 0.6 is 27.5 Å². The minimum atomic E-state index is -4.56. The molecule has 0 saturated heterocycles. The maximum atomic E-state index is 14.8. The van der Waals surface area contributed by atoms with Gasteiger partial charge in [-0.1, -0.05) is 17.7 Å². The van der Waals surface area contributed by atoms with Gasteiger partial charge in [0.2, 0.25) is 0 Å². The summed E-state index contributed by atoms with van der Waals surface area (Å²) >= 11 is 9.48. The van der Waals surface area contributed by atoms with Crippen LogP contribution in [0, 0.1) is 17.1 Å². The average molecular weight is 721 g/mol. The molecule has 0 fully saturated rings. The van der Waals surface area contributed by atoms with Gasteiger partial charge in [0.25, 0.3) is 11.8 Å².